The minimum atomic E-state index is -0.0886. The highest BCUT2D eigenvalue weighted by atomic mass is 16.1. The molecule has 0 aliphatic heterocycles. The molecule has 2 heteroatoms. The van der Waals surface area contributed by atoms with Crippen LogP contribution in [-0.4, -0.2) is 5.91 Å². The van der Waals surface area contributed by atoms with Crippen LogP contribution in [0.1, 0.15) is 24.1 Å². The van der Waals surface area contributed by atoms with Crippen LogP contribution in [0, 0.1) is 0 Å². The summed E-state index contributed by atoms with van der Waals surface area (Å²) in [6.07, 6.45) is 3.47. The van der Waals surface area contributed by atoms with Crippen LogP contribution in [0.3, 0.4) is 0 Å². The summed E-state index contributed by atoms with van der Waals surface area (Å²) in [5.74, 6) is -0.0886. The lowest BCUT2D eigenvalue weighted by Crippen LogP contribution is -2.24. The number of hydrogen-bond donors (Lipinski definition) is 1. The van der Waals surface area contributed by atoms with E-state index in [9.17, 15) is 4.79 Å². The van der Waals surface area contributed by atoms with Gasteiger partial charge in [-0.15, -0.1) is 0 Å². The maximum atomic E-state index is 12.1. The van der Waals surface area contributed by atoms with E-state index in [1.54, 1.807) is 6.08 Å². The van der Waals surface area contributed by atoms with Crippen molar-refractivity contribution in [2.75, 3.05) is 0 Å². The monoisotopic (exact) mass is 301 g/mol. The lowest BCUT2D eigenvalue weighted by Gasteiger charge is -2.12. The fourth-order valence-corrected chi connectivity index (χ4v) is 2.65. The first kappa shape index (κ1) is 15.0. The third-order valence-corrected chi connectivity index (χ3v) is 3.90. The van der Waals surface area contributed by atoms with Crippen LogP contribution in [-0.2, 0) is 4.79 Å². The van der Waals surface area contributed by atoms with E-state index in [0.717, 1.165) is 16.5 Å². The SMILES string of the molecule is CC(NC(=O)C=Cc1cccc2ccccc12)c1ccccc1. The van der Waals surface area contributed by atoms with Crippen molar-refractivity contribution in [3.8, 4) is 0 Å². The van der Waals surface area contributed by atoms with Crippen LogP contribution in [0.25, 0.3) is 16.8 Å². The van der Waals surface area contributed by atoms with Crippen molar-refractivity contribution in [2.24, 2.45) is 0 Å². The van der Waals surface area contributed by atoms with Crippen molar-refractivity contribution in [3.63, 3.8) is 0 Å². The lowest BCUT2D eigenvalue weighted by molar-refractivity contribution is -0.117. The summed E-state index contributed by atoms with van der Waals surface area (Å²) in [7, 11) is 0. The minimum absolute atomic E-state index is 0.0131. The summed E-state index contributed by atoms with van der Waals surface area (Å²) in [5, 5.41) is 5.31. The summed E-state index contributed by atoms with van der Waals surface area (Å²) in [4.78, 5) is 12.1. The molecule has 2 nitrogen and oxygen atoms in total. The van der Waals surface area contributed by atoms with Gasteiger partial charge in [0.1, 0.15) is 0 Å². The summed E-state index contributed by atoms with van der Waals surface area (Å²) in [6, 6.07) is 24.2. The highest BCUT2D eigenvalue weighted by Gasteiger charge is 2.06. The van der Waals surface area contributed by atoms with E-state index in [4.69, 9.17) is 0 Å². The number of nitrogens with one attached hydrogen (secondary N) is 1. The Hall–Kier alpha value is -2.87. The number of hydrogen-bond acceptors (Lipinski definition) is 1. The second kappa shape index (κ2) is 6.93. The number of fused-ring (bicyclic) bond motifs is 1. The average molecular weight is 301 g/mol. The third-order valence-electron chi connectivity index (χ3n) is 3.90. The van der Waals surface area contributed by atoms with E-state index in [1.807, 2.05) is 67.6 Å². The molecular weight excluding hydrogens is 282 g/mol. The topological polar surface area (TPSA) is 29.1 Å². The molecule has 1 N–H and O–H groups in total. The predicted molar refractivity (Wildman–Crippen MR) is 96.0 cm³/mol. The molecule has 0 spiro atoms. The van der Waals surface area contributed by atoms with E-state index in [1.165, 1.54) is 5.39 Å². The molecule has 0 bridgehead atoms. The molecule has 0 saturated heterocycles. The predicted octanol–water partition coefficient (Wildman–Crippen LogP) is 4.73. The van der Waals surface area contributed by atoms with Crippen LogP contribution in [0.5, 0.6) is 0 Å². The normalized spacial score (nSPS) is 12.4. The van der Waals surface area contributed by atoms with Gasteiger partial charge < -0.3 is 5.32 Å². The van der Waals surface area contributed by atoms with Gasteiger partial charge in [0.25, 0.3) is 0 Å². The number of carbonyl (C=O) groups is 1. The first-order chi connectivity index (χ1) is 11.2. The number of benzene rings is 3. The molecule has 114 valence electrons. The standard InChI is InChI=1S/C21H19NO/c1-16(17-8-3-2-4-9-17)22-21(23)15-14-19-12-7-11-18-10-5-6-13-20(18)19/h2-16H,1H3,(H,22,23). The average Bonchev–Trinajstić information content (AvgIpc) is 2.60. The summed E-state index contributed by atoms with van der Waals surface area (Å²) < 4.78 is 0. The molecule has 0 aliphatic carbocycles. The maximum Gasteiger partial charge on any atom is 0.244 e. The van der Waals surface area contributed by atoms with E-state index in [-0.39, 0.29) is 11.9 Å². The first-order valence-corrected chi connectivity index (χ1v) is 7.75. The summed E-state index contributed by atoms with van der Waals surface area (Å²) in [5.41, 5.74) is 2.14. The Morgan fingerprint density at radius 1 is 0.913 bits per heavy atom. The third kappa shape index (κ3) is 3.67. The zero-order chi connectivity index (χ0) is 16.1. The van der Waals surface area contributed by atoms with Crippen molar-refractivity contribution in [1.82, 2.24) is 5.32 Å². The zero-order valence-electron chi connectivity index (χ0n) is 13.1. The Bertz CT molecular complexity index is 831. The zero-order valence-corrected chi connectivity index (χ0v) is 13.1. The molecule has 1 unspecified atom stereocenters. The molecule has 23 heavy (non-hydrogen) atoms. The van der Waals surface area contributed by atoms with Gasteiger partial charge in [-0.2, -0.15) is 0 Å². The summed E-state index contributed by atoms with van der Waals surface area (Å²) in [6.45, 7) is 1.99. The Labute approximate surface area is 136 Å². The van der Waals surface area contributed by atoms with E-state index in [2.05, 4.69) is 23.5 Å². The van der Waals surface area contributed by atoms with Crippen LogP contribution in [0.2, 0.25) is 0 Å². The van der Waals surface area contributed by atoms with Crippen LogP contribution < -0.4 is 5.32 Å². The van der Waals surface area contributed by atoms with Gasteiger partial charge in [-0.25, -0.2) is 0 Å². The van der Waals surface area contributed by atoms with Gasteiger partial charge in [-0.3, -0.25) is 4.79 Å². The molecular formula is C21H19NO. The Kier molecular flexibility index (Phi) is 4.53. The largest absolute Gasteiger partial charge is 0.346 e. The Morgan fingerprint density at radius 2 is 1.61 bits per heavy atom. The van der Waals surface area contributed by atoms with Crippen molar-refractivity contribution in [3.05, 3.63) is 90.0 Å². The number of rotatable bonds is 4. The van der Waals surface area contributed by atoms with Gasteiger partial charge in [0.05, 0.1) is 6.04 Å². The minimum Gasteiger partial charge on any atom is -0.346 e. The van der Waals surface area contributed by atoms with Gasteiger partial charge >= 0.3 is 0 Å². The van der Waals surface area contributed by atoms with E-state index >= 15 is 0 Å². The van der Waals surface area contributed by atoms with Gasteiger partial charge in [-0.1, -0.05) is 72.8 Å². The van der Waals surface area contributed by atoms with Crippen molar-refractivity contribution >= 4 is 22.8 Å². The molecule has 0 fully saturated rings. The highest BCUT2D eigenvalue weighted by molar-refractivity contribution is 5.96. The lowest BCUT2D eigenvalue weighted by atomic mass is 10.0. The molecule has 0 aliphatic rings. The van der Waals surface area contributed by atoms with Crippen molar-refractivity contribution in [1.29, 1.82) is 0 Å². The van der Waals surface area contributed by atoms with Gasteiger partial charge in [0, 0.05) is 6.08 Å². The molecule has 0 heterocycles. The van der Waals surface area contributed by atoms with E-state index in [0.29, 0.717) is 0 Å². The van der Waals surface area contributed by atoms with Crippen LogP contribution in [0.15, 0.2) is 78.9 Å². The maximum absolute atomic E-state index is 12.1. The highest BCUT2D eigenvalue weighted by Crippen LogP contribution is 2.19. The van der Waals surface area contributed by atoms with Gasteiger partial charge in [-0.05, 0) is 34.9 Å². The molecule has 1 atom stereocenters. The van der Waals surface area contributed by atoms with Crippen LogP contribution >= 0.6 is 0 Å². The first-order valence-electron chi connectivity index (χ1n) is 7.75. The second-order valence-electron chi connectivity index (χ2n) is 5.54. The van der Waals surface area contributed by atoms with E-state index < -0.39 is 0 Å². The molecule has 3 aromatic rings. The smallest absolute Gasteiger partial charge is 0.244 e. The van der Waals surface area contributed by atoms with Crippen molar-refractivity contribution < 1.29 is 4.79 Å². The Morgan fingerprint density at radius 3 is 2.43 bits per heavy atom. The Balaban J connectivity index is 1.73. The number of amides is 1. The molecule has 3 aromatic carbocycles. The molecule has 0 aromatic heterocycles. The second-order valence-corrected chi connectivity index (χ2v) is 5.54. The van der Waals surface area contributed by atoms with Gasteiger partial charge in [0.2, 0.25) is 5.91 Å². The molecule has 0 saturated carbocycles. The van der Waals surface area contributed by atoms with Crippen molar-refractivity contribution in [2.45, 2.75) is 13.0 Å². The quantitative estimate of drug-likeness (QED) is 0.693. The fourth-order valence-electron chi connectivity index (χ4n) is 2.65. The van der Waals surface area contributed by atoms with Crippen LogP contribution in [0.4, 0.5) is 0 Å². The molecule has 1 amide bonds. The summed E-state index contributed by atoms with van der Waals surface area (Å²) >= 11 is 0. The molecule has 0 radical (unpaired) electrons. The fraction of sp³-hybridized carbons (Fsp3) is 0.0952. The number of carbonyl (C=O) groups excluding carboxylic acids is 1. The molecule has 3 rings (SSSR count). The van der Waals surface area contributed by atoms with Gasteiger partial charge in [0.15, 0.2) is 0 Å².